The van der Waals surface area contributed by atoms with Crippen molar-refractivity contribution < 1.29 is 14.3 Å². The van der Waals surface area contributed by atoms with E-state index in [-0.39, 0.29) is 12.0 Å². The molecule has 2 aromatic rings. The van der Waals surface area contributed by atoms with Crippen molar-refractivity contribution in [2.24, 2.45) is 0 Å². The Hall–Kier alpha value is -1.82. The summed E-state index contributed by atoms with van der Waals surface area (Å²) in [6, 6.07) is 8.40. The third kappa shape index (κ3) is 4.17. The van der Waals surface area contributed by atoms with Crippen LogP contribution in [0.4, 0.5) is 5.69 Å². The summed E-state index contributed by atoms with van der Waals surface area (Å²) in [5.74, 6) is 0.184. The average Bonchev–Trinajstić information content (AvgIpc) is 2.60. The van der Waals surface area contributed by atoms with Crippen molar-refractivity contribution in [3.05, 3.63) is 52.1 Å². The number of carbonyl (C=O) groups excluding carboxylic acids is 1. The Morgan fingerprint density at radius 3 is 2.71 bits per heavy atom. The molecule has 1 aliphatic rings. The second-order valence-corrected chi connectivity index (χ2v) is 6.16. The first-order chi connectivity index (χ1) is 11.6. The fourth-order valence-electron chi connectivity index (χ4n) is 2.34. The van der Waals surface area contributed by atoms with Gasteiger partial charge < -0.3 is 14.8 Å². The number of rotatable bonds is 4. The van der Waals surface area contributed by atoms with Gasteiger partial charge in [-0.1, -0.05) is 29.3 Å². The number of amides is 1. The van der Waals surface area contributed by atoms with Gasteiger partial charge in [0.05, 0.1) is 34.5 Å². The van der Waals surface area contributed by atoms with Gasteiger partial charge in [0.25, 0.3) is 5.91 Å². The number of halogens is 2. The number of anilines is 1. The van der Waals surface area contributed by atoms with E-state index in [0.29, 0.717) is 40.4 Å². The number of ether oxygens (including phenoxy) is 2. The third-order valence-corrected chi connectivity index (χ3v) is 4.47. The molecule has 1 aliphatic heterocycles. The summed E-state index contributed by atoms with van der Waals surface area (Å²) in [6.07, 6.45) is 3.27. The van der Waals surface area contributed by atoms with Crippen LogP contribution in [0.25, 0.3) is 0 Å². The molecule has 0 radical (unpaired) electrons. The smallest absolute Gasteiger partial charge is 0.257 e. The molecular weight excluding hydrogens is 351 g/mol. The number of hydrogen-bond acceptors (Lipinski definition) is 4. The highest BCUT2D eigenvalue weighted by Crippen LogP contribution is 2.29. The summed E-state index contributed by atoms with van der Waals surface area (Å²) in [5.41, 5.74) is 0.863. The molecule has 0 atom stereocenters. The topological polar surface area (TPSA) is 60.5 Å². The van der Waals surface area contributed by atoms with E-state index in [1.165, 1.54) is 6.20 Å². The second-order valence-electron chi connectivity index (χ2n) is 5.37. The number of aromatic nitrogens is 1. The first-order valence-electron chi connectivity index (χ1n) is 7.59. The quantitative estimate of drug-likeness (QED) is 0.880. The predicted molar refractivity (Wildman–Crippen MR) is 93.1 cm³/mol. The highest BCUT2D eigenvalue weighted by molar-refractivity contribution is 6.44. The van der Waals surface area contributed by atoms with Crippen molar-refractivity contribution >= 4 is 34.8 Å². The lowest BCUT2D eigenvalue weighted by molar-refractivity contribution is 0.0237. The molecule has 1 fully saturated rings. The van der Waals surface area contributed by atoms with E-state index in [0.717, 1.165) is 12.8 Å². The lowest BCUT2D eigenvalue weighted by Gasteiger charge is -2.22. The van der Waals surface area contributed by atoms with Crippen LogP contribution in [-0.2, 0) is 4.74 Å². The summed E-state index contributed by atoms with van der Waals surface area (Å²) in [7, 11) is 0. The van der Waals surface area contributed by atoms with Gasteiger partial charge in [0.2, 0.25) is 5.88 Å². The molecule has 24 heavy (non-hydrogen) atoms. The summed E-state index contributed by atoms with van der Waals surface area (Å²) >= 11 is 12.0. The molecule has 1 aromatic heterocycles. The second kappa shape index (κ2) is 7.83. The van der Waals surface area contributed by atoms with Gasteiger partial charge in [-0.25, -0.2) is 4.98 Å². The van der Waals surface area contributed by atoms with E-state index >= 15 is 0 Å². The molecule has 1 amide bonds. The van der Waals surface area contributed by atoms with Crippen molar-refractivity contribution in [3.63, 3.8) is 0 Å². The highest BCUT2D eigenvalue weighted by Gasteiger charge is 2.16. The van der Waals surface area contributed by atoms with E-state index in [4.69, 9.17) is 32.7 Å². The molecule has 0 bridgehead atoms. The molecule has 3 rings (SSSR count). The summed E-state index contributed by atoms with van der Waals surface area (Å²) in [6.45, 7) is 1.40. The van der Waals surface area contributed by atoms with Crippen molar-refractivity contribution in [2.45, 2.75) is 18.9 Å². The molecule has 2 heterocycles. The van der Waals surface area contributed by atoms with Crippen LogP contribution in [0.2, 0.25) is 10.0 Å². The molecule has 5 nitrogen and oxygen atoms in total. The normalized spacial score (nSPS) is 15.1. The van der Waals surface area contributed by atoms with Crippen LogP contribution in [0.3, 0.4) is 0 Å². The predicted octanol–water partition coefficient (Wildman–Crippen LogP) is 4.20. The fourth-order valence-corrected chi connectivity index (χ4v) is 2.69. The maximum absolute atomic E-state index is 12.3. The molecular formula is C17H16Cl2N2O3. The maximum atomic E-state index is 12.3. The van der Waals surface area contributed by atoms with E-state index in [9.17, 15) is 4.79 Å². The highest BCUT2D eigenvalue weighted by atomic mass is 35.5. The zero-order chi connectivity index (χ0) is 16.9. The molecule has 0 spiro atoms. The van der Waals surface area contributed by atoms with Crippen LogP contribution in [0.5, 0.6) is 5.88 Å². The molecule has 126 valence electrons. The van der Waals surface area contributed by atoms with Crippen molar-refractivity contribution in [1.29, 1.82) is 0 Å². The molecule has 1 saturated heterocycles. The summed E-state index contributed by atoms with van der Waals surface area (Å²) in [4.78, 5) is 16.5. The molecule has 1 aromatic carbocycles. The zero-order valence-corrected chi connectivity index (χ0v) is 14.3. The van der Waals surface area contributed by atoms with Gasteiger partial charge in [-0.05, 0) is 18.2 Å². The van der Waals surface area contributed by atoms with Crippen LogP contribution in [0, 0.1) is 0 Å². The molecule has 1 N–H and O–H groups in total. The largest absolute Gasteiger partial charge is 0.474 e. The first kappa shape index (κ1) is 17.0. The van der Waals surface area contributed by atoms with Gasteiger partial charge in [-0.15, -0.1) is 0 Å². The van der Waals surface area contributed by atoms with Gasteiger partial charge >= 0.3 is 0 Å². The molecule has 7 heteroatoms. The number of nitrogens with zero attached hydrogens (tertiary/aromatic N) is 1. The lowest BCUT2D eigenvalue weighted by atomic mass is 10.1. The lowest BCUT2D eigenvalue weighted by Crippen LogP contribution is -2.26. The Morgan fingerprint density at radius 2 is 2.00 bits per heavy atom. The van der Waals surface area contributed by atoms with Crippen LogP contribution in [0.15, 0.2) is 36.5 Å². The Balaban J connectivity index is 1.64. The van der Waals surface area contributed by atoms with Crippen LogP contribution in [-0.4, -0.2) is 30.2 Å². The molecule has 0 unspecified atom stereocenters. The van der Waals surface area contributed by atoms with Crippen molar-refractivity contribution in [2.75, 3.05) is 18.5 Å². The number of benzene rings is 1. The summed E-state index contributed by atoms with van der Waals surface area (Å²) in [5, 5.41) is 3.40. The molecule has 0 saturated carbocycles. The monoisotopic (exact) mass is 366 g/mol. The van der Waals surface area contributed by atoms with Gasteiger partial charge in [-0.3, -0.25) is 4.79 Å². The van der Waals surface area contributed by atoms with Gasteiger partial charge in [0.15, 0.2) is 0 Å². The number of carbonyl (C=O) groups is 1. The average molecular weight is 367 g/mol. The van der Waals surface area contributed by atoms with E-state index in [1.54, 1.807) is 30.3 Å². The van der Waals surface area contributed by atoms with Crippen LogP contribution in [0.1, 0.15) is 23.2 Å². The minimum Gasteiger partial charge on any atom is -0.474 e. The number of nitrogens with one attached hydrogen (secondary N) is 1. The Bertz CT molecular complexity index is 716. The Labute approximate surface area is 149 Å². The standard InChI is InChI=1S/C17H16Cl2N2O3/c18-13-2-1-3-14(16(13)19)21-17(22)11-4-5-15(20-10-11)24-12-6-8-23-9-7-12/h1-5,10,12H,6-9H2,(H,21,22). The zero-order valence-electron chi connectivity index (χ0n) is 12.8. The first-order valence-corrected chi connectivity index (χ1v) is 8.35. The summed E-state index contributed by atoms with van der Waals surface area (Å²) < 4.78 is 11.1. The maximum Gasteiger partial charge on any atom is 0.257 e. The number of hydrogen-bond donors (Lipinski definition) is 1. The fraction of sp³-hybridized carbons (Fsp3) is 0.294. The number of pyridine rings is 1. The minimum atomic E-state index is -0.315. The van der Waals surface area contributed by atoms with Crippen molar-refractivity contribution in [3.8, 4) is 5.88 Å². The van der Waals surface area contributed by atoms with E-state index < -0.39 is 0 Å². The van der Waals surface area contributed by atoms with E-state index in [2.05, 4.69) is 10.3 Å². The molecule has 0 aliphatic carbocycles. The van der Waals surface area contributed by atoms with Crippen LogP contribution < -0.4 is 10.1 Å². The minimum absolute atomic E-state index is 0.108. The van der Waals surface area contributed by atoms with E-state index in [1.807, 2.05) is 0 Å². The van der Waals surface area contributed by atoms with Gasteiger partial charge in [0.1, 0.15) is 6.10 Å². The Morgan fingerprint density at radius 1 is 1.21 bits per heavy atom. The Kier molecular flexibility index (Phi) is 5.56. The van der Waals surface area contributed by atoms with Crippen molar-refractivity contribution in [1.82, 2.24) is 4.98 Å². The SMILES string of the molecule is O=C(Nc1cccc(Cl)c1Cl)c1ccc(OC2CCOCC2)nc1. The van der Waals surface area contributed by atoms with Gasteiger partial charge in [0, 0.05) is 25.1 Å². The third-order valence-electron chi connectivity index (χ3n) is 3.65. The van der Waals surface area contributed by atoms with Gasteiger partial charge in [-0.2, -0.15) is 0 Å². The van der Waals surface area contributed by atoms with Crippen LogP contribution >= 0.6 is 23.2 Å².